The molecule has 0 radical (unpaired) electrons. The lowest BCUT2D eigenvalue weighted by Crippen LogP contribution is -2.48. The van der Waals surface area contributed by atoms with Crippen LogP contribution in [0.2, 0.25) is 10.0 Å². The summed E-state index contributed by atoms with van der Waals surface area (Å²) >= 11 is 13.9. The zero-order valence-corrected chi connectivity index (χ0v) is 19.0. The van der Waals surface area contributed by atoms with E-state index in [2.05, 4.69) is 5.32 Å². The molecule has 1 N–H and O–H groups in total. The second-order valence-electron chi connectivity index (χ2n) is 6.67. The molecule has 0 bridgehead atoms. The van der Waals surface area contributed by atoms with E-state index in [0.29, 0.717) is 28.9 Å². The second kappa shape index (κ2) is 12.1. The Bertz CT molecular complexity index is 797. The summed E-state index contributed by atoms with van der Waals surface area (Å²) in [6.07, 6.45) is 0.847. The molecule has 2 aromatic carbocycles. The Hall–Kier alpha value is -1.69. The lowest BCUT2D eigenvalue weighted by atomic mass is 10.1. The van der Waals surface area contributed by atoms with E-state index in [9.17, 15) is 9.59 Å². The lowest BCUT2D eigenvalue weighted by Gasteiger charge is -2.28. The molecular formula is C22H26Cl2N2O2S. The molecule has 4 nitrogen and oxygen atoms in total. The van der Waals surface area contributed by atoms with E-state index in [1.54, 1.807) is 30.0 Å². The number of nitrogens with zero attached hydrogens (tertiary/aromatic N) is 1. The van der Waals surface area contributed by atoms with Gasteiger partial charge in [0, 0.05) is 28.9 Å². The van der Waals surface area contributed by atoms with Crippen LogP contribution < -0.4 is 5.32 Å². The quantitative estimate of drug-likeness (QED) is 0.540. The molecule has 0 aliphatic carbocycles. The molecule has 0 saturated heterocycles. The van der Waals surface area contributed by atoms with Crippen LogP contribution in [0.4, 0.5) is 0 Å². The first kappa shape index (κ1) is 23.6. The van der Waals surface area contributed by atoms with Gasteiger partial charge in [0.2, 0.25) is 11.8 Å². The summed E-state index contributed by atoms with van der Waals surface area (Å²) in [5, 5.41) is 4.05. The first-order valence-electron chi connectivity index (χ1n) is 9.55. The van der Waals surface area contributed by atoms with E-state index >= 15 is 0 Å². The number of halogens is 2. The van der Waals surface area contributed by atoms with Crippen molar-refractivity contribution >= 4 is 46.8 Å². The Labute approximate surface area is 187 Å². The number of hydrogen-bond donors (Lipinski definition) is 1. The fraction of sp³-hybridized carbons (Fsp3) is 0.364. The Morgan fingerprint density at radius 3 is 2.34 bits per heavy atom. The van der Waals surface area contributed by atoms with E-state index in [-0.39, 0.29) is 17.6 Å². The molecule has 0 saturated carbocycles. The monoisotopic (exact) mass is 452 g/mol. The van der Waals surface area contributed by atoms with Crippen molar-refractivity contribution in [1.82, 2.24) is 10.2 Å². The van der Waals surface area contributed by atoms with Crippen molar-refractivity contribution in [2.45, 2.75) is 38.6 Å². The van der Waals surface area contributed by atoms with Crippen molar-refractivity contribution in [3.05, 3.63) is 69.7 Å². The first-order chi connectivity index (χ1) is 13.9. The minimum atomic E-state index is -0.557. The number of hydrogen-bond acceptors (Lipinski definition) is 3. The van der Waals surface area contributed by atoms with E-state index < -0.39 is 6.04 Å². The topological polar surface area (TPSA) is 49.4 Å². The number of thioether (sulfide) groups is 1. The average molecular weight is 453 g/mol. The van der Waals surface area contributed by atoms with Gasteiger partial charge in [-0.05, 0) is 36.6 Å². The normalized spacial score (nSPS) is 11.7. The average Bonchev–Trinajstić information content (AvgIpc) is 2.72. The van der Waals surface area contributed by atoms with Crippen LogP contribution in [0.5, 0.6) is 0 Å². The second-order valence-corrected chi connectivity index (χ2v) is 8.47. The molecule has 7 heteroatoms. The van der Waals surface area contributed by atoms with Gasteiger partial charge in [-0.2, -0.15) is 0 Å². The van der Waals surface area contributed by atoms with Gasteiger partial charge in [-0.1, -0.05) is 66.5 Å². The van der Waals surface area contributed by atoms with Gasteiger partial charge in [-0.15, -0.1) is 11.8 Å². The summed E-state index contributed by atoms with van der Waals surface area (Å²) in [5.41, 5.74) is 1.80. The molecular weight excluding hydrogens is 427 g/mol. The summed E-state index contributed by atoms with van der Waals surface area (Å²) in [4.78, 5) is 27.1. The van der Waals surface area contributed by atoms with Gasteiger partial charge in [0.15, 0.2) is 0 Å². The summed E-state index contributed by atoms with van der Waals surface area (Å²) in [7, 11) is 0. The molecule has 29 heavy (non-hydrogen) atoms. The Kier molecular flexibility index (Phi) is 9.85. The SMILES string of the molecule is CCCNC(=O)[C@H](C)N(Cc1ccccc1)C(=O)CSCc1c(Cl)cccc1Cl. The van der Waals surface area contributed by atoms with Gasteiger partial charge in [0.05, 0.1) is 5.75 Å². The molecule has 0 aromatic heterocycles. The van der Waals surface area contributed by atoms with Gasteiger partial charge in [-0.25, -0.2) is 0 Å². The third kappa shape index (κ3) is 7.25. The number of rotatable bonds is 10. The predicted octanol–water partition coefficient (Wildman–Crippen LogP) is 5.17. The zero-order chi connectivity index (χ0) is 21.2. The molecule has 156 valence electrons. The van der Waals surface area contributed by atoms with Crippen LogP contribution in [0.3, 0.4) is 0 Å². The number of benzene rings is 2. The summed E-state index contributed by atoms with van der Waals surface area (Å²) in [6.45, 7) is 4.74. The van der Waals surface area contributed by atoms with Gasteiger partial charge in [0.1, 0.15) is 6.04 Å². The number of carbonyl (C=O) groups is 2. The Balaban J connectivity index is 2.06. The molecule has 0 heterocycles. The van der Waals surface area contributed by atoms with Crippen molar-refractivity contribution in [2.75, 3.05) is 12.3 Å². The van der Waals surface area contributed by atoms with Gasteiger partial charge < -0.3 is 10.2 Å². The highest BCUT2D eigenvalue weighted by atomic mass is 35.5. The molecule has 0 fully saturated rings. The van der Waals surface area contributed by atoms with Crippen molar-refractivity contribution in [3.8, 4) is 0 Å². The highest BCUT2D eigenvalue weighted by Crippen LogP contribution is 2.28. The van der Waals surface area contributed by atoms with E-state index in [1.807, 2.05) is 37.3 Å². The van der Waals surface area contributed by atoms with Crippen LogP contribution in [-0.4, -0.2) is 35.1 Å². The van der Waals surface area contributed by atoms with Gasteiger partial charge >= 0.3 is 0 Å². The maximum absolute atomic E-state index is 13.0. The van der Waals surface area contributed by atoms with Crippen LogP contribution >= 0.6 is 35.0 Å². The molecule has 2 rings (SSSR count). The van der Waals surface area contributed by atoms with E-state index in [4.69, 9.17) is 23.2 Å². The minimum Gasteiger partial charge on any atom is -0.354 e. The van der Waals surface area contributed by atoms with Crippen LogP contribution in [0.1, 0.15) is 31.4 Å². The molecule has 0 aliphatic rings. The molecule has 0 unspecified atom stereocenters. The van der Waals surface area contributed by atoms with E-state index in [1.165, 1.54) is 11.8 Å². The van der Waals surface area contributed by atoms with Crippen LogP contribution in [-0.2, 0) is 21.9 Å². The van der Waals surface area contributed by atoms with E-state index in [0.717, 1.165) is 17.5 Å². The predicted molar refractivity (Wildman–Crippen MR) is 122 cm³/mol. The highest BCUT2D eigenvalue weighted by molar-refractivity contribution is 7.99. The van der Waals surface area contributed by atoms with Crippen molar-refractivity contribution in [1.29, 1.82) is 0 Å². The van der Waals surface area contributed by atoms with Crippen molar-refractivity contribution < 1.29 is 9.59 Å². The molecule has 0 aliphatic heterocycles. The number of amides is 2. The molecule has 2 amide bonds. The largest absolute Gasteiger partial charge is 0.354 e. The molecule has 0 spiro atoms. The summed E-state index contributed by atoms with van der Waals surface area (Å²) in [6, 6.07) is 14.5. The summed E-state index contributed by atoms with van der Waals surface area (Å²) in [5.74, 6) is 0.524. The van der Waals surface area contributed by atoms with Crippen molar-refractivity contribution in [2.24, 2.45) is 0 Å². The maximum Gasteiger partial charge on any atom is 0.242 e. The lowest BCUT2D eigenvalue weighted by molar-refractivity contribution is -0.138. The fourth-order valence-electron chi connectivity index (χ4n) is 2.75. The van der Waals surface area contributed by atoms with Crippen LogP contribution in [0.25, 0.3) is 0 Å². The third-order valence-electron chi connectivity index (χ3n) is 4.45. The van der Waals surface area contributed by atoms with Gasteiger partial charge in [0.25, 0.3) is 0 Å². The van der Waals surface area contributed by atoms with Crippen molar-refractivity contribution in [3.63, 3.8) is 0 Å². The Morgan fingerprint density at radius 1 is 1.07 bits per heavy atom. The maximum atomic E-state index is 13.0. The molecule has 1 atom stereocenters. The first-order valence-corrected chi connectivity index (χ1v) is 11.5. The Morgan fingerprint density at radius 2 is 1.72 bits per heavy atom. The zero-order valence-electron chi connectivity index (χ0n) is 16.7. The number of carbonyl (C=O) groups excluding carboxylic acids is 2. The summed E-state index contributed by atoms with van der Waals surface area (Å²) < 4.78 is 0. The standard InChI is InChI=1S/C22H26Cl2N2O2S/c1-3-12-25-22(28)16(2)26(13-17-8-5-4-6-9-17)21(27)15-29-14-18-19(23)10-7-11-20(18)24/h4-11,16H,3,12-15H2,1-2H3,(H,25,28)/t16-/m0/s1. The molecule has 2 aromatic rings. The highest BCUT2D eigenvalue weighted by Gasteiger charge is 2.25. The van der Waals surface area contributed by atoms with Crippen LogP contribution in [0, 0.1) is 0 Å². The fourth-order valence-corrected chi connectivity index (χ4v) is 4.40. The van der Waals surface area contributed by atoms with Gasteiger partial charge in [-0.3, -0.25) is 9.59 Å². The third-order valence-corrected chi connectivity index (χ3v) is 6.10. The van der Waals surface area contributed by atoms with Crippen LogP contribution in [0.15, 0.2) is 48.5 Å². The minimum absolute atomic E-state index is 0.0961. The smallest absolute Gasteiger partial charge is 0.242 e. The number of nitrogens with one attached hydrogen (secondary N) is 1.